The van der Waals surface area contributed by atoms with Gasteiger partial charge in [0.15, 0.2) is 0 Å². The van der Waals surface area contributed by atoms with Crippen LogP contribution >= 0.6 is 0 Å². The molecule has 1 nitrogen and oxygen atoms in total. The molecule has 0 aromatic carbocycles. The van der Waals surface area contributed by atoms with Gasteiger partial charge in [-0.2, -0.15) is 83.4 Å². The molecule has 0 saturated carbocycles. The van der Waals surface area contributed by atoms with Crippen LogP contribution in [0.5, 0.6) is 0 Å². The molecule has 0 amide bonds. The Morgan fingerprint density at radius 2 is 0.500 bits per heavy atom. The average molecular weight is 536 g/mol. The van der Waals surface area contributed by atoms with Crippen LogP contribution in [0.3, 0.4) is 0 Å². The van der Waals surface area contributed by atoms with Gasteiger partial charge in [-0.1, -0.05) is 0 Å². The lowest BCUT2D eigenvalue weighted by atomic mass is 9.60. The molecule has 0 aliphatic rings. The maximum Gasteiger partial charge on any atom is 0.454 e. The van der Waals surface area contributed by atoms with Crippen molar-refractivity contribution in [3.8, 4) is 0 Å². The fourth-order valence-electron chi connectivity index (χ4n) is 2.61. The Kier molecular flexibility index (Phi) is 6.67. The highest BCUT2D eigenvalue weighted by Crippen LogP contribution is 2.78. The molecule has 1 unspecified atom stereocenters. The summed E-state index contributed by atoms with van der Waals surface area (Å²) in [4.78, 5) is 0. The van der Waals surface area contributed by atoms with Crippen molar-refractivity contribution in [2.24, 2.45) is 10.8 Å². The van der Waals surface area contributed by atoms with Gasteiger partial charge in [-0.05, 0) is 0 Å². The Bertz CT molecular complexity index is 624. The Morgan fingerprint density at radius 1 is 0.281 bits per heavy atom. The first kappa shape index (κ1) is 30.5. The summed E-state index contributed by atoms with van der Waals surface area (Å²) in [6.45, 7) is 0. The zero-order valence-electron chi connectivity index (χ0n) is 13.4. The third-order valence-electron chi connectivity index (χ3n) is 3.92. The number of halogens is 21. The number of aliphatic hydroxyl groups is 1. The smallest absolute Gasteiger partial charge is 0.335 e. The fraction of sp³-hybridized carbons (Fsp3) is 1.00. The molecule has 1 N–H and O–H groups in total. The largest absolute Gasteiger partial charge is 0.454 e. The molecular weight excluding hydrogens is 535 g/mol. The van der Waals surface area contributed by atoms with Crippen molar-refractivity contribution in [2.45, 2.75) is 48.8 Å². The van der Waals surface area contributed by atoms with Gasteiger partial charge in [-0.3, -0.25) is 0 Å². The van der Waals surface area contributed by atoms with E-state index in [1.807, 2.05) is 0 Å². The topological polar surface area (TPSA) is 20.2 Å². The molecule has 0 aromatic heterocycles. The van der Waals surface area contributed by atoms with Gasteiger partial charge in [0.05, 0.1) is 0 Å². The first-order valence-electron chi connectivity index (χ1n) is 6.44. The van der Waals surface area contributed by atoms with E-state index in [9.17, 15) is 92.2 Å². The molecule has 0 rings (SSSR count). The molecule has 0 saturated heterocycles. The molecule has 0 aliphatic carbocycles. The summed E-state index contributed by atoms with van der Waals surface area (Å²) in [5.41, 5.74) is -19.4. The van der Waals surface area contributed by atoms with E-state index in [4.69, 9.17) is 5.11 Å². The predicted octanol–water partition coefficient (Wildman–Crippen LogP) is 6.63. The lowest BCUT2D eigenvalue weighted by Crippen LogP contribution is -2.83. The highest BCUT2D eigenvalue weighted by atomic mass is 19.4. The molecule has 0 aromatic rings. The molecule has 0 bridgehead atoms. The van der Waals surface area contributed by atoms with Crippen molar-refractivity contribution < 1.29 is 97.3 Å². The molecule has 0 spiro atoms. The van der Waals surface area contributed by atoms with Crippen LogP contribution < -0.4 is 0 Å². The van der Waals surface area contributed by atoms with Crippen molar-refractivity contribution in [1.29, 1.82) is 0 Å². The van der Waals surface area contributed by atoms with Crippen LogP contribution in [0.2, 0.25) is 0 Å². The number of hydrogen-bond donors (Lipinski definition) is 1. The van der Waals surface area contributed by atoms with Gasteiger partial charge in [0.25, 0.3) is 5.41 Å². The molecular formula is C10HF21O. The van der Waals surface area contributed by atoms with Gasteiger partial charge in [-0.15, -0.1) is 0 Å². The van der Waals surface area contributed by atoms with Gasteiger partial charge in [0.2, 0.25) is 0 Å². The van der Waals surface area contributed by atoms with Crippen LogP contribution in [-0.4, -0.2) is 53.9 Å². The summed E-state index contributed by atoms with van der Waals surface area (Å²) in [5, 5.41) is 7.84. The Labute approximate surface area is 158 Å². The number of hydrogen-bond acceptors (Lipinski definition) is 1. The third-order valence-corrected chi connectivity index (χ3v) is 3.92. The van der Waals surface area contributed by atoms with E-state index >= 15 is 0 Å². The molecule has 1 atom stereocenters. The second kappa shape index (κ2) is 7.00. The summed E-state index contributed by atoms with van der Waals surface area (Å²) >= 11 is 0. The number of rotatable bonds is 4. The summed E-state index contributed by atoms with van der Waals surface area (Å²) in [5.74, 6) is -19.3. The molecule has 0 fully saturated rings. The zero-order chi connectivity index (χ0) is 27.0. The first-order valence-corrected chi connectivity index (χ1v) is 6.44. The normalized spacial score (nSPS) is 18.6. The quantitative estimate of drug-likeness (QED) is 0.401. The average Bonchev–Trinajstić information content (AvgIpc) is 2.25. The van der Waals surface area contributed by atoms with Crippen LogP contribution in [0.1, 0.15) is 0 Å². The Balaban J connectivity index is 8.59. The maximum atomic E-state index is 14.1. The summed E-state index contributed by atoms with van der Waals surface area (Å²) in [6, 6.07) is 0. The van der Waals surface area contributed by atoms with Crippen molar-refractivity contribution in [3.63, 3.8) is 0 Å². The standard InChI is InChI=1S/C10HF21O/c11-3(12,2(6(18,19)20,7(21,22)23)8(24,25)26)1(5(15,16)17,10(30,31)32)4(13,14)9(27,28)29/h32H. The van der Waals surface area contributed by atoms with Crippen LogP contribution in [0.25, 0.3) is 0 Å². The minimum atomic E-state index is -9.98. The maximum absolute atomic E-state index is 14.1. The predicted molar refractivity (Wildman–Crippen MR) is 52.2 cm³/mol. The molecule has 22 heteroatoms. The van der Waals surface area contributed by atoms with Crippen molar-refractivity contribution in [3.05, 3.63) is 0 Å². The third kappa shape index (κ3) is 3.41. The van der Waals surface area contributed by atoms with Crippen LogP contribution in [0.4, 0.5) is 92.2 Å². The summed E-state index contributed by atoms with van der Waals surface area (Å²) < 4.78 is 271. The van der Waals surface area contributed by atoms with Gasteiger partial charge < -0.3 is 5.11 Å². The van der Waals surface area contributed by atoms with E-state index in [1.54, 1.807) is 0 Å². The molecule has 0 heterocycles. The van der Waals surface area contributed by atoms with Gasteiger partial charge in [0, 0.05) is 0 Å². The monoisotopic (exact) mass is 536 g/mol. The van der Waals surface area contributed by atoms with Crippen molar-refractivity contribution >= 4 is 0 Å². The van der Waals surface area contributed by atoms with E-state index in [1.165, 1.54) is 0 Å². The number of alkyl halides is 21. The Morgan fingerprint density at radius 3 is 0.625 bits per heavy atom. The lowest BCUT2D eigenvalue weighted by Gasteiger charge is -2.54. The highest BCUT2D eigenvalue weighted by Gasteiger charge is 3.07. The zero-order valence-corrected chi connectivity index (χ0v) is 13.4. The van der Waals surface area contributed by atoms with Gasteiger partial charge >= 0.3 is 54.3 Å². The van der Waals surface area contributed by atoms with E-state index in [0.717, 1.165) is 0 Å². The minimum Gasteiger partial charge on any atom is -0.335 e. The molecule has 194 valence electrons. The Hall–Kier alpha value is -1.51. The van der Waals surface area contributed by atoms with E-state index < -0.39 is 59.7 Å². The second-order valence-corrected chi connectivity index (χ2v) is 5.68. The van der Waals surface area contributed by atoms with Crippen LogP contribution in [-0.2, 0) is 0 Å². The van der Waals surface area contributed by atoms with Crippen LogP contribution in [0, 0.1) is 10.8 Å². The van der Waals surface area contributed by atoms with Crippen molar-refractivity contribution in [1.82, 2.24) is 0 Å². The summed E-state index contributed by atoms with van der Waals surface area (Å²) in [6.07, 6.45) is -53.7. The molecule has 0 aliphatic heterocycles. The van der Waals surface area contributed by atoms with E-state index in [2.05, 4.69) is 0 Å². The molecule has 0 radical (unpaired) electrons. The van der Waals surface area contributed by atoms with E-state index in [0.29, 0.717) is 0 Å². The summed E-state index contributed by atoms with van der Waals surface area (Å²) in [7, 11) is 0. The SMILES string of the molecule is OC(F)(F)C(C(F)(F)F)(C(F)(F)C(F)(F)F)C(F)(F)C(C(F)(F)F)(C(F)(F)F)C(F)(F)F. The fourth-order valence-corrected chi connectivity index (χ4v) is 2.61. The first-order chi connectivity index (χ1) is 13.2. The molecule has 32 heavy (non-hydrogen) atoms. The highest BCUT2D eigenvalue weighted by molar-refractivity contribution is 5.23. The van der Waals surface area contributed by atoms with E-state index in [-0.39, 0.29) is 0 Å². The second-order valence-electron chi connectivity index (χ2n) is 5.68. The lowest BCUT2D eigenvalue weighted by molar-refractivity contribution is -0.561. The van der Waals surface area contributed by atoms with Crippen LogP contribution in [0.15, 0.2) is 0 Å². The van der Waals surface area contributed by atoms with Crippen molar-refractivity contribution in [2.75, 3.05) is 0 Å². The van der Waals surface area contributed by atoms with Gasteiger partial charge in [0.1, 0.15) is 0 Å². The minimum absolute atomic E-state index is 7.84. The van der Waals surface area contributed by atoms with Gasteiger partial charge in [-0.25, -0.2) is 8.78 Å².